The second kappa shape index (κ2) is 7.35. The Labute approximate surface area is 162 Å². The number of ether oxygens (including phenoxy) is 1. The maximum Gasteiger partial charge on any atom is 0.534 e. The van der Waals surface area contributed by atoms with E-state index in [1.165, 1.54) is 12.1 Å². The van der Waals surface area contributed by atoms with Crippen LogP contribution in [0.4, 0.5) is 29.1 Å². The standard InChI is InChI=1S/C17H13F4N3O4S/c1-9-4-3-5-11(15(9)18)24-16-10-6-14(28-29(25,26)17(19,20)21)13(27-2)7-12(10)22-8-23-16/h3-8H,1-2H3,(H,22,23,24). The van der Waals surface area contributed by atoms with Crippen molar-refractivity contribution in [2.75, 3.05) is 12.4 Å². The van der Waals surface area contributed by atoms with Gasteiger partial charge in [0.1, 0.15) is 18.0 Å². The highest BCUT2D eigenvalue weighted by molar-refractivity contribution is 7.88. The fraction of sp³-hybridized carbons (Fsp3) is 0.176. The number of alkyl halides is 3. The Balaban J connectivity index is 2.13. The van der Waals surface area contributed by atoms with Gasteiger partial charge in [-0.2, -0.15) is 21.6 Å². The third kappa shape index (κ3) is 4.01. The molecule has 0 bridgehead atoms. The summed E-state index contributed by atoms with van der Waals surface area (Å²) in [6.45, 7) is 1.55. The number of hydrogen-bond donors (Lipinski definition) is 1. The summed E-state index contributed by atoms with van der Waals surface area (Å²) in [6.07, 6.45) is 1.14. The number of benzene rings is 2. The molecule has 0 radical (unpaired) electrons. The minimum atomic E-state index is -5.94. The second-order valence-corrected chi connectivity index (χ2v) is 7.32. The van der Waals surface area contributed by atoms with E-state index in [2.05, 4.69) is 19.5 Å². The molecule has 0 spiro atoms. The van der Waals surface area contributed by atoms with Crippen molar-refractivity contribution in [3.63, 3.8) is 0 Å². The van der Waals surface area contributed by atoms with Crippen LogP contribution in [0.3, 0.4) is 0 Å². The summed E-state index contributed by atoms with van der Waals surface area (Å²) in [6, 6.07) is 6.73. The van der Waals surface area contributed by atoms with Crippen LogP contribution in [0.25, 0.3) is 10.9 Å². The number of rotatable bonds is 5. The van der Waals surface area contributed by atoms with E-state index in [9.17, 15) is 26.0 Å². The van der Waals surface area contributed by atoms with Crippen LogP contribution in [-0.4, -0.2) is 31.0 Å². The molecule has 29 heavy (non-hydrogen) atoms. The summed E-state index contributed by atoms with van der Waals surface area (Å²) in [4.78, 5) is 7.92. The highest BCUT2D eigenvalue weighted by Crippen LogP contribution is 2.38. The van der Waals surface area contributed by atoms with Crippen molar-refractivity contribution < 1.29 is 34.9 Å². The van der Waals surface area contributed by atoms with Gasteiger partial charge in [-0.1, -0.05) is 12.1 Å². The van der Waals surface area contributed by atoms with E-state index in [0.29, 0.717) is 5.56 Å². The Hall–Kier alpha value is -3.15. The zero-order valence-electron chi connectivity index (χ0n) is 14.9. The van der Waals surface area contributed by atoms with Crippen LogP contribution in [0.15, 0.2) is 36.7 Å². The molecular weight excluding hydrogens is 418 g/mol. The number of anilines is 2. The van der Waals surface area contributed by atoms with Gasteiger partial charge >= 0.3 is 15.6 Å². The zero-order valence-corrected chi connectivity index (χ0v) is 15.7. The van der Waals surface area contributed by atoms with E-state index in [0.717, 1.165) is 19.5 Å². The van der Waals surface area contributed by atoms with Crippen LogP contribution in [0.1, 0.15) is 5.56 Å². The first-order chi connectivity index (χ1) is 13.5. The highest BCUT2D eigenvalue weighted by atomic mass is 32.2. The summed E-state index contributed by atoms with van der Waals surface area (Å²) in [5.74, 6) is -1.54. The molecule has 0 saturated carbocycles. The van der Waals surface area contributed by atoms with E-state index in [-0.39, 0.29) is 28.2 Å². The third-order valence-corrected chi connectivity index (χ3v) is 4.81. The highest BCUT2D eigenvalue weighted by Gasteiger charge is 2.49. The van der Waals surface area contributed by atoms with Gasteiger partial charge in [0, 0.05) is 11.5 Å². The van der Waals surface area contributed by atoms with Gasteiger partial charge in [-0.25, -0.2) is 14.4 Å². The molecule has 7 nitrogen and oxygen atoms in total. The van der Waals surface area contributed by atoms with E-state index < -0.39 is 27.2 Å². The molecule has 0 fully saturated rings. The number of methoxy groups -OCH3 is 1. The molecule has 0 aliphatic carbocycles. The van der Waals surface area contributed by atoms with Gasteiger partial charge < -0.3 is 14.2 Å². The summed E-state index contributed by atoms with van der Waals surface area (Å²) in [7, 11) is -4.82. The van der Waals surface area contributed by atoms with Crippen molar-refractivity contribution in [3.8, 4) is 11.5 Å². The van der Waals surface area contributed by atoms with Crippen molar-refractivity contribution in [1.82, 2.24) is 9.97 Å². The lowest BCUT2D eigenvalue weighted by atomic mass is 10.2. The summed E-state index contributed by atoms with van der Waals surface area (Å²) >= 11 is 0. The average molecular weight is 431 g/mol. The number of hydrogen-bond acceptors (Lipinski definition) is 7. The molecule has 3 aromatic rings. The molecule has 154 valence electrons. The van der Waals surface area contributed by atoms with Crippen LogP contribution in [0, 0.1) is 12.7 Å². The molecule has 1 heterocycles. The maximum atomic E-state index is 14.3. The van der Waals surface area contributed by atoms with Gasteiger partial charge in [0.25, 0.3) is 0 Å². The van der Waals surface area contributed by atoms with Crippen LogP contribution < -0.4 is 14.2 Å². The topological polar surface area (TPSA) is 90.4 Å². The molecule has 12 heteroatoms. The molecule has 0 amide bonds. The van der Waals surface area contributed by atoms with E-state index in [1.54, 1.807) is 19.1 Å². The Bertz CT molecular complexity index is 1180. The normalized spacial score (nSPS) is 12.1. The van der Waals surface area contributed by atoms with Crippen LogP contribution in [-0.2, 0) is 10.1 Å². The summed E-state index contributed by atoms with van der Waals surface area (Å²) < 4.78 is 84.2. The molecule has 0 aliphatic rings. The number of nitrogens with zero attached hydrogens (tertiary/aromatic N) is 2. The number of aryl methyl sites for hydroxylation is 1. The van der Waals surface area contributed by atoms with Crippen LogP contribution >= 0.6 is 0 Å². The summed E-state index contributed by atoms with van der Waals surface area (Å²) in [5, 5.41) is 2.80. The van der Waals surface area contributed by atoms with E-state index in [4.69, 9.17) is 4.74 Å². The number of nitrogens with one attached hydrogen (secondary N) is 1. The molecule has 3 rings (SSSR count). The monoisotopic (exact) mass is 431 g/mol. The predicted octanol–water partition coefficient (Wildman–Crippen LogP) is 4.06. The Morgan fingerprint density at radius 2 is 1.83 bits per heavy atom. The zero-order chi connectivity index (χ0) is 21.4. The van der Waals surface area contributed by atoms with Crippen molar-refractivity contribution in [1.29, 1.82) is 0 Å². The fourth-order valence-corrected chi connectivity index (χ4v) is 2.89. The minimum Gasteiger partial charge on any atom is -0.493 e. The molecule has 0 saturated heterocycles. The fourth-order valence-electron chi connectivity index (χ4n) is 2.43. The maximum absolute atomic E-state index is 14.3. The second-order valence-electron chi connectivity index (χ2n) is 5.79. The van der Waals surface area contributed by atoms with Crippen molar-refractivity contribution >= 4 is 32.5 Å². The Morgan fingerprint density at radius 3 is 2.48 bits per heavy atom. The van der Waals surface area contributed by atoms with Crippen LogP contribution in [0.2, 0.25) is 0 Å². The molecule has 1 N–H and O–H groups in total. The number of halogens is 4. The van der Waals surface area contributed by atoms with E-state index in [1.807, 2.05) is 0 Å². The van der Waals surface area contributed by atoms with Gasteiger partial charge in [-0.3, -0.25) is 0 Å². The van der Waals surface area contributed by atoms with Gasteiger partial charge in [0.15, 0.2) is 11.5 Å². The number of aromatic nitrogens is 2. The first kappa shape index (κ1) is 20.6. The molecule has 0 aliphatic heterocycles. The summed E-state index contributed by atoms with van der Waals surface area (Å²) in [5.41, 5.74) is -5.02. The molecule has 0 unspecified atom stereocenters. The quantitative estimate of drug-likeness (QED) is 0.370. The Kier molecular flexibility index (Phi) is 5.22. The average Bonchev–Trinajstić information content (AvgIpc) is 2.64. The third-order valence-electron chi connectivity index (χ3n) is 3.85. The first-order valence-corrected chi connectivity index (χ1v) is 9.30. The largest absolute Gasteiger partial charge is 0.534 e. The molecular formula is C17H13F4N3O4S. The van der Waals surface area contributed by atoms with Gasteiger partial charge in [0.05, 0.1) is 18.3 Å². The lowest BCUT2D eigenvalue weighted by molar-refractivity contribution is -0.0500. The van der Waals surface area contributed by atoms with Crippen molar-refractivity contribution in [3.05, 3.63) is 48.0 Å². The Morgan fingerprint density at radius 1 is 1.10 bits per heavy atom. The van der Waals surface area contributed by atoms with Gasteiger partial charge in [-0.15, -0.1) is 0 Å². The first-order valence-electron chi connectivity index (χ1n) is 7.89. The molecule has 0 atom stereocenters. The number of fused-ring (bicyclic) bond motifs is 1. The van der Waals surface area contributed by atoms with Crippen LogP contribution in [0.5, 0.6) is 11.5 Å². The predicted molar refractivity (Wildman–Crippen MR) is 96.1 cm³/mol. The van der Waals surface area contributed by atoms with Crippen molar-refractivity contribution in [2.45, 2.75) is 12.4 Å². The minimum absolute atomic E-state index is 0.0245. The van der Waals surface area contributed by atoms with Gasteiger partial charge in [0.2, 0.25) is 0 Å². The molecule has 1 aromatic heterocycles. The molecule has 2 aromatic carbocycles. The van der Waals surface area contributed by atoms with E-state index >= 15 is 0 Å². The smallest absolute Gasteiger partial charge is 0.493 e. The lowest BCUT2D eigenvalue weighted by Gasteiger charge is -2.15. The lowest BCUT2D eigenvalue weighted by Crippen LogP contribution is -2.28. The SMILES string of the molecule is COc1cc2ncnc(Nc3cccc(C)c3F)c2cc1OS(=O)(=O)C(F)(F)F. The van der Waals surface area contributed by atoms with Crippen molar-refractivity contribution in [2.24, 2.45) is 0 Å². The van der Waals surface area contributed by atoms with Gasteiger partial charge in [-0.05, 0) is 24.6 Å².